The highest BCUT2D eigenvalue weighted by atomic mass is 32.1. The Bertz CT molecular complexity index is 355. The zero-order chi connectivity index (χ0) is 9.52. The average molecular weight is 188 g/mol. The molecule has 1 heterocycles. The van der Waals surface area contributed by atoms with Crippen LogP contribution in [0.3, 0.4) is 0 Å². The molecule has 0 bridgehead atoms. The fourth-order valence-electron chi connectivity index (χ4n) is 1.03. The Kier molecular flexibility index (Phi) is 3.80. The summed E-state index contributed by atoms with van der Waals surface area (Å²) in [6.07, 6.45) is 3.68. The minimum Gasteiger partial charge on any atom is -0.264 e. The smallest absolute Gasteiger partial charge is 0.130 e. The SMILES string of the molecule is N#CS.c1ccc2cnccc2c1. The molecule has 0 radical (unpaired) electrons. The van der Waals surface area contributed by atoms with Gasteiger partial charge in [0.15, 0.2) is 0 Å². The molecule has 0 spiro atoms. The summed E-state index contributed by atoms with van der Waals surface area (Å²) in [7, 11) is 0. The van der Waals surface area contributed by atoms with E-state index in [1.165, 1.54) is 16.2 Å². The maximum Gasteiger partial charge on any atom is 0.130 e. The van der Waals surface area contributed by atoms with Crippen molar-refractivity contribution in [1.82, 2.24) is 4.98 Å². The maximum absolute atomic E-state index is 7.18. The first-order valence-corrected chi connectivity index (χ1v) is 4.15. The number of hydrogen-bond donors (Lipinski definition) is 1. The van der Waals surface area contributed by atoms with E-state index in [9.17, 15) is 0 Å². The van der Waals surface area contributed by atoms with E-state index < -0.39 is 0 Å². The number of rotatable bonds is 0. The second kappa shape index (κ2) is 5.18. The number of aromatic nitrogens is 1. The van der Waals surface area contributed by atoms with Crippen LogP contribution in [0.5, 0.6) is 0 Å². The third-order valence-corrected chi connectivity index (χ3v) is 1.55. The minimum absolute atomic E-state index is 1.20. The first-order chi connectivity index (χ1) is 6.38. The predicted octanol–water partition coefficient (Wildman–Crippen LogP) is 2.63. The van der Waals surface area contributed by atoms with Gasteiger partial charge in [-0.3, -0.25) is 4.98 Å². The topological polar surface area (TPSA) is 36.7 Å². The molecule has 0 atom stereocenters. The number of nitrogens with zero attached hydrogens (tertiary/aromatic N) is 2. The lowest BCUT2D eigenvalue weighted by atomic mass is 10.2. The van der Waals surface area contributed by atoms with Gasteiger partial charge in [-0.1, -0.05) is 36.9 Å². The van der Waals surface area contributed by atoms with Crippen molar-refractivity contribution in [3.05, 3.63) is 42.7 Å². The molecule has 0 aliphatic heterocycles. The highest BCUT2D eigenvalue weighted by molar-refractivity contribution is 7.85. The van der Waals surface area contributed by atoms with Crippen LogP contribution in [0, 0.1) is 10.7 Å². The standard InChI is InChI=1S/C9H7N.CHNS/c1-2-4-9-7-10-6-5-8(9)3-1;2-1-3/h1-7H;3H. The van der Waals surface area contributed by atoms with Crippen molar-refractivity contribution in [1.29, 1.82) is 5.26 Å². The second-order valence-electron chi connectivity index (χ2n) is 2.32. The third-order valence-electron chi connectivity index (χ3n) is 1.55. The molecule has 3 heteroatoms. The van der Waals surface area contributed by atoms with Gasteiger partial charge in [-0.05, 0) is 16.8 Å². The zero-order valence-corrected chi connectivity index (χ0v) is 7.78. The van der Waals surface area contributed by atoms with Crippen LogP contribution >= 0.6 is 12.6 Å². The fourth-order valence-corrected chi connectivity index (χ4v) is 1.03. The van der Waals surface area contributed by atoms with Crippen LogP contribution < -0.4 is 0 Å². The number of thiol groups is 1. The summed E-state index contributed by atoms with van der Waals surface area (Å²) >= 11 is 3.09. The van der Waals surface area contributed by atoms with E-state index in [-0.39, 0.29) is 0 Å². The van der Waals surface area contributed by atoms with Crippen LogP contribution in [0.4, 0.5) is 0 Å². The number of thiocyanates is 1. The highest BCUT2D eigenvalue weighted by Crippen LogP contribution is 2.09. The monoisotopic (exact) mass is 188 g/mol. The summed E-state index contributed by atoms with van der Waals surface area (Å²) < 4.78 is 0. The molecular weight excluding hydrogens is 180 g/mol. The van der Waals surface area contributed by atoms with E-state index in [1.54, 1.807) is 0 Å². The van der Waals surface area contributed by atoms with Crippen molar-refractivity contribution in [3.63, 3.8) is 0 Å². The summed E-state index contributed by atoms with van der Waals surface area (Å²) in [4.78, 5) is 4.01. The Morgan fingerprint density at radius 1 is 1.15 bits per heavy atom. The van der Waals surface area contributed by atoms with Gasteiger partial charge in [-0.25, -0.2) is 0 Å². The van der Waals surface area contributed by atoms with Crippen molar-refractivity contribution in [2.24, 2.45) is 0 Å². The molecule has 0 N–H and O–H groups in total. The van der Waals surface area contributed by atoms with E-state index in [2.05, 4.69) is 29.7 Å². The first-order valence-electron chi connectivity index (χ1n) is 3.70. The van der Waals surface area contributed by atoms with Gasteiger partial charge in [0.25, 0.3) is 0 Å². The molecule has 0 saturated heterocycles. The van der Waals surface area contributed by atoms with Gasteiger partial charge in [-0.15, -0.1) is 0 Å². The second-order valence-corrected chi connectivity index (χ2v) is 2.52. The number of fused-ring (bicyclic) bond motifs is 1. The van der Waals surface area contributed by atoms with E-state index in [4.69, 9.17) is 5.26 Å². The molecule has 1 aromatic heterocycles. The fraction of sp³-hybridized carbons (Fsp3) is 0. The Morgan fingerprint density at radius 3 is 2.38 bits per heavy atom. The Labute approximate surface area is 82.3 Å². The molecule has 0 aliphatic rings. The molecule has 1 aromatic carbocycles. The van der Waals surface area contributed by atoms with Crippen LogP contribution in [-0.2, 0) is 0 Å². The lowest BCUT2D eigenvalue weighted by molar-refractivity contribution is 1.36. The normalized spacial score (nSPS) is 8.31. The van der Waals surface area contributed by atoms with Crippen molar-refractivity contribution in [2.45, 2.75) is 0 Å². The van der Waals surface area contributed by atoms with Gasteiger partial charge in [0.2, 0.25) is 0 Å². The van der Waals surface area contributed by atoms with E-state index in [0.29, 0.717) is 0 Å². The Balaban J connectivity index is 0.000000251. The zero-order valence-electron chi connectivity index (χ0n) is 6.88. The molecule has 2 nitrogen and oxygen atoms in total. The van der Waals surface area contributed by atoms with Gasteiger partial charge >= 0.3 is 0 Å². The summed E-state index contributed by atoms with van der Waals surface area (Å²) in [6, 6.07) is 10.2. The summed E-state index contributed by atoms with van der Waals surface area (Å²) in [5.74, 6) is 0. The minimum atomic E-state index is 1.20. The third kappa shape index (κ3) is 2.77. The van der Waals surface area contributed by atoms with Crippen molar-refractivity contribution < 1.29 is 0 Å². The first kappa shape index (κ1) is 9.56. The maximum atomic E-state index is 7.18. The van der Waals surface area contributed by atoms with E-state index in [0.717, 1.165) is 0 Å². The Hall–Kier alpha value is -1.53. The summed E-state index contributed by atoms with van der Waals surface area (Å²) in [6.45, 7) is 0. The number of pyridine rings is 1. The molecule has 0 fully saturated rings. The van der Waals surface area contributed by atoms with Gasteiger partial charge in [0.05, 0.1) is 0 Å². The van der Waals surface area contributed by atoms with Crippen LogP contribution in [0.15, 0.2) is 42.7 Å². The van der Waals surface area contributed by atoms with Gasteiger partial charge < -0.3 is 0 Å². The van der Waals surface area contributed by atoms with Gasteiger partial charge in [0.1, 0.15) is 5.40 Å². The van der Waals surface area contributed by atoms with Crippen LogP contribution in [-0.4, -0.2) is 4.98 Å². The summed E-state index contributed by atoms with van der Waals surface area (Å²) in [5, 5.41) is 11.1. The largest absolute Gasteiger partial charge is 0.264 e. The molecule has 2 rings (SSSR count). The van der Waals surface area contributed by atoms with Crippen molar-refractivity contribution in [3.8, 4) is 5.40 Å². The molecule has 64 valence electrons. The van der Waals surface area contributed by atoms with E-state index >= 15 is 0 Å². The lowest BCUT2D eigenvalue weighted by Gasteiger charge is -1.91. The van der Waals surface area contributed by atoms with Crippen LogP contribution in [0.1, 0.15) is 0 Å². The molecular formula is C10H8N2S. The lowest BCUT2D eigenvalue weighted by Crippen LogP contribution is -1.71. The van der Waals surface area contributed by atoms with Crippen molar-refractivity contribution >= 4 is 23.4 Å². The molecule has 13 heavy (non-hydrogen) atoms. The van der Waals surface area contributed by atoms with E-state index in [1.807, 2.05) is 30.6 Å². The van der Waals surface area contributed by atoms with Gasteiger partial charge in [-0.2, -0.15) is 5.26 Å². The molecule has 0 aliphatic carbocycles. The van der Waals surface area contributed by atoms with Gasteiger partial charge in [0, 0.05) is 12.4 Å². The van der Waals surface area contributed by atoms with Crippen LogP contribution in [0.25, 0.3) is 10.8 Å². The predicted molar refractivity (Wildman–Crippen MR) is 56.3 cm³/mol. The van der Waals surface area contributed by atoms with Crippen LogP contribution in [0.2, 0.25) is 0 Å². The number of hydrogen-bond acceptors (Lipinski definition) is 3. The van der Waals surface area contributed by atoms with Crippen molar-refractivity contribution in [2.75, 3.05) is 0 Å². The molecule has 0 unspecified atom stereocenters. The Morgan fingerprint density at radius 2 is 1.77 bits per heavy atom. The quantitative estimate of drug-likeness (QED) is 0.509. The number of benzene rings is 1. The average Bonchev–Trinajstić information content (AvgIpc) is 2.19. The molecule has 0 saturated carbocycles. The molecule has 2 aromatic rings. The summed E-state index contributed by atoms with van der Waals surface area (Å²) in [5.41, 5.74) is 0. The molecule has 0 amide bonds. The number of nitriles is 1. The highest BCUT2D eigenvalue weighted by Gasteiger charge is 1.86.